The van der Waals surface area contributed by atoms with Crippen LogP contribution in [0.4, 0.5) is 10.5 Å². The van der Waals surface area contributed by atoms with Crippen molar-refractivity contribution < 1.29 is 9.53 Å². The van der Waals surface area contributed by atoms with E-state index in [4.69, 9.17) is 16.3 Å². The fraction of sp³-hybridized carbons (Fsp3) is 0.200. The first kappa shape index (κ1) is 19.2. The fourth-order valence-corrected chi connectivity index (χ4v) is 3.38. The number of carbonyl (C=O) groups is 1. The Labute approximate surface area is 167 Å². The van der Waals surface area contributed by atoms with Crippen molar-refractivity contribution in [3.8, 4) is 5.75 Å². The molecule has 140 valence electrons. The van der Waals surface area contributed by atoms with Crippen molar-refractivity contribution in [2.75, 3.05) is 12.4 Å². The Kier molecular flexibility index (Phi) is 6.32. The van der Waals surface area contributed by atoms with E-state index in [-0.39, 0.29) is 12.1 Å². The monoisotopic (exact) mass is 401 g/mol. The molecular weight excluding hydrogens is 382 g/mol. The first-order valence-corrected chi connectivity index (χ1v) is 9.75. The van der Waals surface area contributed by atoms with Gasteiger partial charge in [-0.05, 0) is 30.7 Å². The van der Waals surface area contributed by atoms with E-state index >= 15 is 0 Å². The summed E-state index contributed by atoms with van der Waals surface area (Å²) in [5, 5.41) is 5.48. The molecule has 0 bridgehead atoms. The third-order valence-corrected chi connectivity index (χ3v) is 5.19. The predicted molar refractivity (Wildman–Crippen MR) is 110 cm³/mol. The number of ether oxygens (including phenoxy) is 1. The van der Waals surface area contributed by atoms with Crippen LogP contribution in [0, 0.1) is 0 Å². The number of rotatable bonds is 6. The summed E-state index contributed by atoms with van der Waals surface area (Å²) in [6.07, 6.45) is 0. The van der Waals surface area contributed by atoms with Gasteiger partial charge < -0.3 is 15.0 Å². The predicted octanol–water partition coefficient (Wildman–Crippen LogP) is 5.60. The Balaban J connectivity index is 1.63. The summed E-state index contributed by atoms with van der Waals surface area (Å²) in [5.41, 5.74) is 4.21. The Bertz CT molecular complexity index is 902. The summed E-state index contributed by atoms with van der Waals surface area (Å²) in [7, 11) is 1.74. The number of benzene rings is 2. The number of hydrogen-bond acceptors (Lipinski definition) is 4. The molecule has 1 unspecified atom stereocenters. The molecule has 2 amide bonds. The first-order chi connectivity index (χ1) is 13.0. The van der Waals surface area contributed by atoms with Crippen molar-refractivity contribution in [1.82, 2.24) is 9.88 Å². The van der Waals surface area contributed by atoms with Crippen molar-refractivity contribution in [1.29, 1.82) is 0 Å². The van der Waals surface area contributed by atoms with Crippen LogP contribution in [0.3, 0.4) is 0 Å². The summed E-state index contributed by atoms with van der Waals surface area (Å²) in [4.78, 5) is 18.4. The molecule has 0 aliphatic carbocycles. The lowest BCUT2D eigenvalue weighted by atomic mass is 10.1. The molecule has 7 heteroatoms. The van der Waals surface area contributed by atoms with Crippen molar-refractivity contribution in [2.45, 2.75) is 19.6 Å². The van der Waals surface area contributed by atoms with Crippen LogP contribution in [0.5, 0.6) is 5.75 Å². The topological polar surface area (TPSA) is 54.5 Å². The van der Waals surface area contributed by atoms with Gasteiger partial charge in [0.15, 0.2) is 0 Å². The molecule has 27 heavy (non-hydrogen) atoms. The maximum atomic E-state index is 12.6. The Morgan fingerprint density at radius 3 is 2.85 bits per heavy atom. The van der Waals surface area contributed by atoms with Gasteiger partial charge in [0.1, 0.15) is 12.4 Å². The van der Waals surface area contributed by atoms with E-state index < -0.39 is 0 Å². The molecule has 0 aliphatic rings. The second kappa shape index (κ2) is 8.88. The molecule has 0 aliphatic heterocycles. The molecule has 5 nitrogen and oxygen atoms in total. The lowest BCUT2D eigenvalue weighted by Gasteiger charge is -2.26. The minimum Gasteiger partial charge on any atom is -0.487 e. The zero-order valence-corrected chi connectivity index (χ0v) is 16.6. The largest absolute Gasteiger partial charge is 0.487 e. The van der Waals surface area contributed by atoms with E-state index in [2.05, 4.69) is 10.3 Å². The van der Waals surface area contributed by atoms with Gasteiger partial charge in [-0.2, -0.15) is 0 Å². The summed E-state index contributed by atoms with van der Waals surface area (Å²) in [6.45, 7) is 2.33. The number of aromatic nitrogens is 1. The highest BCUT2D eigenvalue weighted by Crippen LogP contribution is 2.27. The number of nitrogens with zero attached hydrogens (tertiary/aromatic N) is 2. The molecule has 0 radical (unpaired) electrons. The first-order valence-electron chi connectivity index (χ1n) is 8.43. The van der Waals surface area contributed by atoms with Crippen LogP contribution >= 0.6 is 22.9 Å². The molecule has 1 aromatic heterocycles. The number of anilines is 1. The van der Waals surface area contributed by atoms with Gasteiger partial charge >= 0.3 is 6.03 Å². The van der Waals surface area contributed by atoms with E-state index in [1.165, 1.54) is 11.3 Å². The molecule has 1 heterocycles. The van der Waals surface area contributed by atoms with Crippen LogP contribution in [0.25, 0.3) is 0 Å². The van der Waals surface area contributed by atoms with E-state index in [0.29, 0.717) is 23.1 Å². The van der Waals surface area contributed by atoms with E-state index in [1.807, 2.05) is 54.8 Å². The molecule has 0 spiro atoms. The maximum absolute atomic E-state index is 12.6. The lowest BCUT2D eigenvalue weighted by molar-refractivity contribution is 0.208. The van der Waals surface area contributed by atoms with Gasteiger partial charge in [-0.3, -0.25) is 0 Å². The second-order valence-corrected chi connectivity index (χ2v) is 7.16. The van der Waals surface area contributed by atoms with Gasteiger partial charge in [-0.1, -0.05) is 35.9 Å². The highest BCUT2D eigenvalue weighted by Gasteiger charge is 2.19. The van der Waals surface area contributed by atoms with Gasteiger partial charge in [0.2, 0.25) is 0 Å². The number of hydrogen-bond donors (Lipinski definition) is 1. The van der Waals surface area contributed by atoms with Crippen LogP contribution in [0.1, 0.15) is 24.2 Å². The minimum atomic E-state index is -0.223. The molecule has 1 N–H and O–H groups in total. The van der Waals surface area contributed by atoms with Crippen molar-refractivity contribution in [2.24, 2.45) is 0 Å². The van der Waals surface area contributed by atoms with Gasteiger partial charge in [-0.25, -0.2) is 9.78 Å². The summed E-state index contributed by atoms with van der Waals surface area (Å²) >= 11 is 7.77. The number of nitrogens with one attached hydrogen (secondary N) is 1. The maximum Gasteiger partial charge on any atom is 0.322 e. The number of carbonyl (C=O) groups excluding carboxylic acids is 1. The van der Waals surface area contributed by atoms with Crippen LogP contribution in [0.2, 0.25) is 5.02 Å². The third-order valence-electron chi connectivity index (χ3n) is 4.21. The van der Waals surface area contributed by atoms with Crippen LogP contribution in [-0.4, -0.2) is 23.0 Å². The number of halogens is 1. The minimum absolute atomic E-state index is 0.164. The van der Waals surface area contributed by atoms with Crippen molar-refractivity contribution >= 4 is 34.7 Å². The summed E-state index contributed by atoms with van der Waals surface area (Å²) in [6, 6.07) is 14.4. The zero-order chi connectivity index (χ0) is 19.2. The zero-order valence-electron chi connectivity index (χ0n) is 15.1. The Morgan fingerprint density at radius 1 is 1.30 bits per heavy atom. The summed E-state index contributed by atoms with van der Waals surface area (Å²) in [5.74, 6) is 0.669. The fourth-order valence-electron chi connectivity index (χ4n) is 2.54. The molecule has 0 saturated heterocycles. The second-order valence-electron chi connectivity index (χ2n) is 6.03. The van der Waals surface area contributed by atoms with Crippen LogP contribution < -0.4 is 10.1 Å². The van der Waals surface area contributed by atoms with Crippen molar-refractivity contribution in [3.63, 3.8) is 0 Å². The SMILES string of the molecule is CC(c1ccccc1Cl)N(C)C(=O)Nc1cccc(OCc2cscn2)c1. The molecule has 3 aromatic rings. The number of thiazole rings is 1. The number of urea groups is 1. The molecular formula is C20H20ClN3O2S. The standard InChI is InChI=1S/C20H20ClN3O2S/c1-14(18-8-3-4-9-19(18)21)24(2)20(25)23-15-6-5-7-17(10-15)26-11-16-12-27-13-22-16/h3-10,12-14H,11H2,1-2H3,(H,23,25). The quantitative estimate of drug-likeness (QED) is 0.584. The van der Waals surface area contributed by atoms with Gasteiger partial charge in [0.25, 0.3) is 0 Å². The molecule has 1 atom stereocenters. The van der Waals surface area contributed by atoms with E-state index in [9.17, 15) is 4.79 Å². The Morgan fingerprint density at radius 2 is 2.11 bits per heavy atom. The highest BCUT2D eigenvalue weighted by atomic mass is 35.5. The normalized spacial score (nSPS) is 11.7. The number of amides is 2. The molecule has 2 aromatic carbocycles. The van der Waals surface area contributed by atoms with Gasteiger partial charge in [0, 0.05) is 29.2 Å². The van der Waals surface area contributed by atoms with E-state index in [0.717, 1.165) is 11.3 Å². The third kappa shape index (κ3) is 4.99. The van der Waals surface area contributed by atoms with Gasteiger partial charge in [-0.15, -0.1) is 11.3 Å². The highest BCUT2D eigenvalue weighted by molar-refractivity contribution is 7.07. The molecule has 0 saturated carbocycles. The average molecular weight is 402 g/mol. The van der Waals surface area contributed by atoms with E-state index in [1.54, 1.807) is 23.5 Å². The van der Waals surface area contributed by atoms with Crippen LogP contribution in [-0.2, 0) is 6.61 Å². The molecule has 0 fully saturated rings. The molecule has 3 rings (SSSR count). The smallest absolute Gasteiger partial charge is 0.322 e. The van der Waals surface area contributed by atoms with Crippen LogP contribution in [0.15, 0.2) is 59.4 Å². The lowest BCUT2D eigenvalue weighted by Crippen LogP contribution is -2.33. The summed E-state index contributed by atoms with van der Waals surface area (Å²) < 4.78 is 5.73. The van der Waals surface area contributed by atoms with Crippen molar-refractivity contribution in [3.05, 3.63) is 75.7 Å². The Hall–Kier alpha value is -2.57. The van der Waals surface area contributed by atoms with Gasteiger partial charge in [0.05, 0.1) is 17.2 Å². The average Bonchev–Trinajstić information content (AvgIpc) is 3.19.